The Balaban J connectivity index is 2.49. The Labute approximate surface area is 208 Å². The van der Waals surface area contributed by atoms with Crippen molar-refractivity contribution in [1.82, 2.24) is 10.2 Å². The van der Waals surface area contributed by atoms with Crippen LogP contribution in [0.15, 0.2) is 48.5 Å². The summed E-state index contributed by atoms with van der Waals surface area (Å²) in [5.41, 5.74) is 1.02. The fourth-order valence-corrected chi connectivity index (χ4v) is 4.52. The fraction of sp³-hybridized carbons (Fsp3) is 0.440. The van der Waals surface area contributed by atoms with Gasteiger partial charge >= 0.3 is 0 Å². The summed E-state index contributed by atoms with van der Waals surface area (Å²) in [6.45, 7) is 5.15. The zero-order chi connectivity index (χ0) is 26.2. The zero-order valence-corrected chi connectivity index (χ0v) is 22.0. The number of sulfonamides is 1. The van der Waals surface area contributed by atoms with Gasteiger partial charge in [0.2, 0.25) is 21.8 Å². The van der Waals surface area contributed by atoms with E-state index in [9.17, 15) is 18.0 Å². The van der Waals surface area contributed by atoms with Gasteiger partial charge in [0.25, 0.3) is 0 Å². The van der Waals surface area contributed by atoms with Crippen molar-refractivity contribution in [1.29, 1.82) is 0 Å². The monoisotopic (exact) mass is 505 g/mol. The van der Waals surface area contributed by atoms with Crippen LogP contribution in [0, 0.1) is 0 Å². The third-order valence-corrected chi connectivity index (χ3v) is 6.47. The maximum Gasteiger partial charge on any atom is 0.244 e. The molecule has 0 spiro atoms. The first kappa shape index (κ1) is 28.0. The van der Waals surface area contributed by atoms with Gasteiger partial charge in [-0.15, -0.1) is 0 Å². The minimum atomic E-state index is -3.88. The fourth-order valence-electron chi connectivity index (χ4n) is 3.67. The second-order valence-electron chi connectivity index (χ2n) is 8.40. The number of carbonyl (C=O) groups excluding carboxylic acids is 2. The molecule has 1 N–H and O–H groups in total. The molecule has 1 atom stereocenters. The predicted molar refractivity (Wildman–Crippen MR) is 136 cm³/mol. The molecule has 2 rings (SSSR count). The summed E-state index contributed by atoms with van der Waals surface area (Å²) in [5, 5.41) is 2.86. The Morgan fingerprint density at radius 2 is 1.69 bits per heavy atom. The summed E-state index contributed by atoms with van der Waals surface area (Å²) in [7, 11) is -0.983. The molecule has 35 heavy (non-hydrogen) atoms. The van der Waals surface area contributed by atoms with Gasteiger partial charge in [-0.2, -0.15) is 0 Å². The van der Waals surface area contributed by atoms with E-state index >= 15 is 0 Å². The first-order chi connectivity index (χ1) is 16.5. The van der Waals surface area contributed by atoms with Crippen LogP contribution < -0.4 is 19.1 Å². The van der Waals surface area contributed by atoms with E-state index in [2.05, 4.69) is 5.32 Å². The molecule has 0 radical (unpaired) electrons. The molecule has 0 aromatic heterocycles. The third-order valence-electron chi connectivity index (χ3n) is 5.35. The third kappa shape index (κ3) is 7.61. The minimum Gasteiger partial charge on any atom is -0.497 e. The van der Waals surface area contributed by atoms with Gasteiger partial charge in [0, 0.05) is 18.7 Å². The number of carbonyl (C=O) groups is 2. The van der Waals surface area contributed by atoms with Crippen LogP contribution in [0.1, 0.15) is 32.8 Å². The van der Waals surface area contributed by atoms with Gasteiger partial charge in [-0.3, -0.25) is 13.9 Å². The highest BCUT2D eigenvalue weighted by atomic mass is 32.2. The number of nitrogens with zero attached hydrogens (tertiary/aromatic N) is 2. The van der Waals surface area contributed by atoms with Gasteiger partial charge in [0.05, 0.1) is 26.2 Å². The quantitative estimate of drug-likeness (QED) is 0.476. The number of benzene rings is 2. The van der Waals surface area contributed by atoms with Crippen LogP contribution >= 0.6 is 0 Å². The lowest BCUT2D eigenvalue weighted by molar-refractivity contribution is -0.140. The largest absolute Gasteiger partial charge is 0.497 e. The average Bonchev–Trinajstić information content (AvgIpc) is 2.81. The minimum absolute atomic E-state index is 0.110. The summed E-state index contributed by atoms with van der Waals surface area (Å²) in [4.78, 5) is 28.1. The van der Waals surface area contributed by atoms with E-state index in [-0.39, 0.29) is 29.9 Å². The molecule has 2 amide bonds. The van der Waals surface area contributed by atoms with Gasteiger partial charge in [-0.05, 0) is 38.0 Å². The van der Waals surface area contributed by atoms with Crippen molar-refractivity contribution in [2.45, 2.75) is 45.8 Å². The number of hydrogen-bond acceptors (Lipinski definition) is 6. The highest BCUT2D eigenvalue weighted by molar-refractivity contribution is 7.92. The molecule has 0 saturated heterocycles. The van der Waals surface area contributed by atoms with Crippen LogP contribution in [0.5, 0.6) is 11.5 Å². The average molecular weight is 506 g/mol. The van der Waals surface area contributed by atoms with Gasteiger partial charge in [0.15, 0.2) is 0 Å². The van der Waals surface area contributed by atoms with E-state index < -0.39 is 28.5 Å². The zero-order valence-electron chi connectivity index (χ0n) is 21.1. The smallest absolute Gasteiger partial charge is 0.244 e. The predicted octanol–water partition coefficient (Wildman–Crippen LogP) is 2.80. The molecule has 0 aliphatic rings. The first-order valence-electron chi connectivity index (χ1n) is 11.3. The standard InChI is InChI=1S/C25H35N3O6S/c1-7-21(25(30)26-18(2)3)27(16-19-11-9-8-10-12-19)24(29)17-28(35(6,31)32)22-14-13-20(33-4)15-23(22)34-5/h8-15,18,21H,7,16-17H2,1-6H3,(H,26,30)/t21-/m0/s1. The van der Waals surface area contributed by atoms with Crippen molar-refractivity contribution in [3.05, 3.63) is 54.1 Å². The van der Waals surface area contributed by atoms with E-state index in [1.807, 2.05) is 51.1 Å². The van der Waals surface area contributed by atoms with Crippen LogP contribution in [0.3, 0.4) is 0 Å². The van der Waals surface area contributed by atoms with Crippen LogP contribution in [0.4, 0.5) is 5.69 Å². The van der Waals surface area contributed by atoms with Gasteiger partial charge in [-0.1, -0.05) is 37.3 Å². The van der Waals surface area contributed by atoms with Gasteiger partial charge in [-0.25, -0.2) is 8.42 Å². The lowest BCUT2D eigenvalue weighted by Crippen LogP contribution is -2.53. The first-order valence-corrected chi connectivity index (χ1v) is 13.2. The molecule has 9 nitrogen and oxygen atoms in total. The lowest BCUT2D eigenvalue weighted by atomic mass is 10.1. The number of methoxy groups -OCH3 is 2. The van der Waals surface area contributed by atoms with Crippen LogP contribution in [0.2, 0.25) is 0 Å². The van der Waals surface area contributed by atoms with Crippen molar-refractivity contribution in [3.63, 3.8) is 0 Å². The van der Waals surface area contributed by atoms with Crippen molar-refractivity contribution < 1.29 is 27.5 Å². The second kappa shape index (κ2) is 12.4. The molecule has 0 heterocycles. The van der Waals surface area contributed by atoms with E-state index in [1.165, 1.54) is 25.2 Å². The lowest BCUT2D eigenvalue weighted by Gasteiger charge is -2.33. The molecule has 192 valence electrons. The van der Waals surface area contributed by atoms with Gasteiger partial charge < -0.3 is 19.7 Å². The maximum atomic E-state index is 13.7. The van der Waals surface area contributed by atoms with Crippen LogP contribution in [-0.4, -0.2) is 64.2 Å². The Bertz CT molecular complexity index is 1110. The van der Waals surface area contributed by atoms with Crippen LogP contribution in [-0.2, 0) is 26.2 Å². The van der Waals surface area contributed by atoms with Crippen LogP contribution in [0.25, 0.3) is 0 Å². The summed E-state index contributed by atoms with van der Waals surface area (Å²) in [5.74, 6) is -0.0862. The normalized spacial score (nSPS) is 12.1. The number of amides is 2. The molecule has 0 aliphatic heterocycles. The number of hydrogen-bond donors (Lipinski definition) is 1. The Hall–Kier alpha value is -3.27. The second-order valence-corrected chi connectivity index (χ2v) is 10.3. The summed E-state index contributed by atoms with van der Waals surface area (Å²) >= 11 is 0. The van der Waals surface area contributed by atoms with E-state index in [0.29, 0.717) is 12.2 Å². The highest BCUT2D eigenvalue weighted by Gasteiger charge is 2.32. The molecule has 0 fully saturated rings. The SMILES string of the molecule is CC[C@@H](C(=O)NC(C)C)N(Cc1ccccc1)C(=O)CN(c1ccc(OC)cc1OC)S(C)(=O)=O. The van der Waals surface area contributed by atoms with Crippen molar-refractivity contribution in [2.75, 3.05) is 31.3 Å². The topological polar surface area (TPSA) is 105 Å². The number of nitrogens with one attached hydrogen (secondary N) is 1. The molecule has 0 bridgehead atoms. The summed E-state index contributed by atoms with van der Waals surface area (Å²) in [6.07, 6.45) is 1.39. The molecule has 0 aliphatic carbocycles. The Kier molecular flexibility index (Phi) is 9.94. The molecule has 0 unspecified atom stereocenters. The number of rotatable bonds is 12. The molecule has 10 heteroatoms. The van der Waals surface area contributed by atoms with Crippen molar-refractivity contribution >= 4 is 27.5 Å². The molecular formula is C25H35N3O6S. The Morgan fingerprint density at radius 1 is 1.03 bits per heavy atom. The highest BCUT2D eigenvalue weighted by Crippen LogP contribution is 2.33. The van der Waals surface area contributed by atoms with Gasteiger partial charge in [0.1, 0.15) is 24.1 Å². The van der Waals surface area contributed by atoms with E-state index in [1.54, 1.807) is 12.1 Å². The van der Waals surface area contributed by atoms with Crippen molar-refractivity contribution in [3.8, 4) is 11.5 Å². The number of ether oxygens (including phenoxy) is 2. The molecule has 2 aromatic carbocycles. The summed E-state index contributed by atoms with van der Waals surface area (Å²) in [6, 6.07) is 13.0. The number of anilines is 1. The van der Waals surface area contributed by atoms with Crippen molar-refractivity contribution in [2.24, 2.45) is 0 Å². The maximum absolute atomic E-state index is 13.7. The molecule has 0 saturated carbocycles. The Morgan fingerprint density at radius 3 is 2.20 bits per heavy atom. The summed E-state index contributed by atoms with van der Waals surface area (Å²) < 4.78 is 37.1. The molecule has 2 aromatic rings. The van der Waals surface area contributed by atoms with E-state index in [0.717, 1.165) is 16.1 Å². The van der Waals surface area contributed by atoms with E-state index in [4.69, 9.17) is 9.47 Å². The molecular weight excluding hydrogens is 470 g/mol.